The number of ketones is 1. The highest BCUT2D eigenvalue weighted by Crippen LogP contribution is 2.22. The SMILES string of the molecule is CCCc1c(C(=O)NC2CCCN(c3ncccn3)C2)[nH]c(C)c1C(C)=O. The van der Waals surface area contributed by atoms with E-state index in [0.717, 1.165) is 37.1 Å². The second kappa shape index (κ2) is 8.33. The van der Waals surface area contributed by atoms with Crippen LogP contribution in [0.3, 0.4) is 0 Å². The lowest BCUT2D eigenvalue weighted by atomic mass is 10.0. The van der Waals surface area contributed by atoms with Crippen LogP contribution in [-0.2, 0) is 6.42 Å². The van der Waals surface area contributed by atoms with E-state index in [1.807, 2.05) is 13.8 Å². The van der Waals surface area contributed by atoms with Crippen molar-refractivity contribution in [2.45, 2.75) is 52.5 Å². The Kier molecular flexibility index (Phi) is 5.88. The summed E-state index contributed by atoms with van der Waals surface area (Å²) < 4.78 is 0. The molecule has 1 aliphatic heterocycles. The number of rotatable bonds is 6. The van der Waals surface area contributed by atoms with Crippen molar-refractivity contribution in [3.63, 3.8) is 0 Å². The number of H-pyrrole nitrogens is 1. The number of carbonyl (C=O) groups excluding carboxylic acids is 2. The van der Waals surface area contributed by atoms with Crippen molar-refractivity contribution in [3.8, 4) is 0 Å². The van der Waals surface area contributed by atoms with Crippen LogP contribution in [0, 0.1) is 6.92 Å². The molecule has 1 saturated heterocycles. The Balaban J connectivity index is 1.75. The molecule has 2 aromatic heterocycles. The summed E-state index contributed by atoms with van der Waals surface area (Å²) in [5.74, 6) is 0.545. The number of piperidine rings is 1. The lowest BCUT2D eigenvalue weighted by Crippen LogP contribution is -2.48. The molecule has 0 aromatic carbocycles. The first-order valence-corrected chi connectivity index (χ1v) is 9.56. The van der Waals surface area contributed by atoms with E-state index in [4.69, 9.17) is 0 Å². The maximum Gasteiger partial charge on any atom is 0.268 e. The number of amides is 1. The van der Waals surface area contributed by atoms with Crippen molar-refractivity contribution in [1.82, 2.24) is 20.3 Å². The van der Waals surface area contributed by atoms with Gasteiger partial charge in [-0.15, -0.1) is 0 Å². The van der Waals surface area contributed by atoms with Gasteiger partial charge in [0.15, 0.2) is 5.78 Å². The van der Waals surface area contributed by atoms with Crippen LogP contribution in [0.25, 0.3) is 0 Å². The van der Waals surface area contributed by atoms with Crippen molar-refractivity contribution >= 4 is 17.6 Å². The number of carbonyl (C=O) groups is 2. The third-order valence-corrected chi connectivity index (χ3v) is 4.96. The molecule has 0 radical (unpaired) electrons. The molecule has 1 unspecified atom stereocenters. The largest absolute Gasteiger partial charge is 0.354 e. The molecular weight excluding hydrogens is 342 g/mol. The third kappa shape index (κ3) is 4.18. The van der Waals surface area contributed by atoms with Gasteiger partial charge in [-0.3, -0.25) is 9.59 Å². The molecule has 27 heavy (non-hydrogen) atoms. The van der Waals surface area contributed by atoms with E-state index in [9.17, 15) is 9.59 Å². The van der Waals surface area contributed by atoms with E-state index in [-0.39, 0.29) is 17.7 Å². The number of aromatic amines is 1. The molecule has 0 bridgehead atoms. The van der Waals surface area contributed by atoms with Crippen LogP contribution >= 0.6 is 0 Å². The number of nitrogens with zero attached hydrogens (tertiary/aromatic N) is 3. The van der Waals surface area contributed by atoms with Crippen LogP contribution < -0.4 is 10.2 Å². The molecule has 0 saturated carbocycles. The average Bonchev–Trinajstić information content (AvgIpc) is 2.99. The number of hydrogen-bond acceptors (Lipinski definition) is 5. The Morgan fingerprint density at radius 1 is 1.33 bits per heavy atom. The molecule has 0 aliphatic carbocycles. The predicted molar refractivity (Wildman–Crippen MR) is 104 cm³/mol. The van der Waals surface area contributed by atoms with E-state index >= 15 is 0 Å². The molecule has 144 valence electrons. The minimum atomic E-state index is -0.144. The second-order valence-corrected chi connectivity index (χ2v) is 7.09. The van der Waals surface area contributed by atoms with Gasteiger partial charge in [-0.2, -0.15) is 0 Å². The average molecular weight is 369 g/mol. The van der Waals surface area contributed by atoms with E-state index in [1.165, 1.54) is 0 Å². The summed E-state index contributed by atoms with van der Waals surface area (Å²) >= 11 is 0. The Morgan fingerprint density at radius 2 is 2.07 bits per heavy atom. The zero-order valence-corrected chi connectivity index (χ0v) is 16.2. The quantitative estimate of drug-likeness (QED) is 0.764. The van der Waals surface area contributed by atoms with E-state index in [0.29, 0.717) is 30.2 Å². The van der Waals surface area contributed by atoms with Crippen LogP contribution in [0.5, 0.6) is 0 Å². The maximum atomic E-state index is 12.9. The Bertz CT molecular complexity index is 815. The lowest BCUT2D eigenvalue weighted by Gasteiger charge is -2.33. The first-order chi connectivity index (χ1) is 13.0. The van der Waals surface area contributed by atoms with Gasteiger partial charge in [-0.25, -0.2) is 9.97 Å². The van der Waals surface area contributed by atoms with Crippen molar-refractivity contribution in [3.05, 3.63) is 41.0 Å². The van der Waals surface area contributed by atoms with Crippen molar-refractivity contribution in [2.24, 2.45) is 0 Å². The normalized spacial score (nSPS) is 17.0. The van der Waals surface area contributed by atoms with Gasteiger partial charge in [0.2, 0.25) is 5.95 Å². The van der Waals surface area contributed by atoms with E-state index in [1.54, 1.807) is 25.4 Å². The van der Waals surface area contributed by atoms with Gasteiger partial charge in [-0.1, -0.05) is 13.3 Å². The topological polar surface area (TPSA) is 91.0 Å². The third-order valence-electron chi connectivity index (χ3n) is 4.96. The minimum absolute atomic E-state index is 0.00341. The molecule has 1 amide bonds. The standard InChI is InChI=1S/C20H27N5O2/c1-4-7-16-17(14(3)26)13(2)23-18(16)19(27)24-15-8-5-11-25(12-15)20-21-9-6-10-22-20/h6,9-10,15,23H,4-5,7-8,11-12H2,1-3H3,(H,24,27). The zero-order chi connectivity index (χ0) is 19.4. The van der Waals surface area contributed by atoms with Crippen molar-refractivity contribution in [1.29, 1.82) is 0 Å². The van der Waals surface area contributed by atoms with Gasteiger partial charge in [0.05, 0.1) is 0 Å². The van der Waals surface area contributed by atoms with Crippen molar-refractivity contribution in [2.75, 3.05) is 18.0 Å². The van der Waals surface area contributed by atoms with Crippen LogP contribution in [0.15, 0.2) is 18.5 Å². The summed E-state index contributed by atoms with van der Waals surface area (Å²) in [5, 5.41) is 3.13. The lowest BCUT2D eigenvalue weighted by molar-refractivity contribution is 0.0927. The molecule has 2 aromatic rings. The molecule has 1 atom stereocenters. The Morgan fingerprint density at radius 3 is 2.74 bits per heavy atom. The highest BCUT2D eigenvalue weighted by Gasteiger charge is 2.27. The summed E-state index contributed by atoms with van der Waals surface area (Å²) in [4.78, 5) is 38.8. The molecule has 3 rings (SSSR count). The second-order valence-electron chi connectivity index (χ2n) is 7.09. The summed E-state index contributed by atoms with van der Waals surface area (Å²) in [7, 11) is 0. The fraction of sp³-hybridized carbons (Fsp3) is 0.500. The Labute approximate surface area is 159 Å². The first-order valence-electron chi connectivity index (χ1n) is 9.56. The smallest absolute Gasteiger partial charge is 0.268 e. The van der Waals surface area contributed by atoms with Crippen LogP contribution in [-0.4, -0.2) is 45.8 Å². The maximum absolute atomic E-state index is 12.9. The number of nitrogens with one attached hydrogen (secondary N) is 2. The molecule has 3 heterocycles. The number of aromatic nitrogens is 3. The van der Waals surface area contributed by atoms with Gasteiger partial charge in [0.1, 0.15) is 5.69 Å². The van der Waals surface area contributed by atoms with Gasteiger partial charge < -0.3 is 15.2 Å². The molecule has 1 aliphatic rings. The summed E-state index contributed by atoms with van der Waals surface area (Å²) in [6, 6.07) is 1.82. The number of aryl methyl sites for hydroxylation is 1. The number of Topliss-reactive ketones (excluding diaryl/α,β-unsaturated/α-hetero) is 1. The summed E-state index contributed by atoms with van der Waals surface area (Å²) in [6.07, 6.45) is 6.92. The highest BCUT2D eigenvalue weighted by atomic mass is 16.2. The predicted octanol–water partition coefficient (Wildman–Crippen LogP) is 2.67. The zero-order valence-electron chi connectivity index (χ0n) is 16.2. The van der Waals surface area contributed by atoms with Gasteiger partial charge in [-0.05, 0) is 44.7 Å². The number of hydrogen-bond donors (Lipinski definition) is 2. The fourth-order valence-corrected chi connectivity index (χ4v) is 3.84. The molecule has 7 nitrogen and oxygen atoms in total. The molecule has 2 N–H and O–H groups in total. The van der Waals surface area contributed by atoms with Crippen LogP contribution in [0.4, 0.5) is 5.95 Å². The minimum Gasteiger partial charge on any atom is -0.354 e. The van der Waals surface area contributed by atoms with Gasteiger partial charge >= 0.3 is 0 Å². The van der Waals surface area contributed by atoms with Crippen molar-refractivity contribution < 1.29 is 9.59 Å². The highest BCUT2D eigenvalue weighted by molar-refractivity contribution is 6.02. The molecular formula is C20H27N5O2. The molecule has 1 fully saturated rings. The molecule has 7 heteroatoms. The van der Waals surface area contributed by atoms with E-state index in [2.05, 4.69) is 25.2 Å². The van der Waals surface area contributed by atoms with E-state index < -0.39 is 0 Å². The fourth-order valence-electron chi connectivity index (χ4n) is 3.84. The van der Waals surface area contributed by atoms with Gasteiger partial charge in [0.25, 0.3) is 5.91 Å². The molecule has 0 spiro atoms. The summed E-state index contributed by atoms with van der Waals surface area (Å²) in [6.45, 7) is 7.01. The van der Waals surface area contributed by atoms with Crippen LogP contribution in [0.2, 0.25) is 0 Å². The van der Waals surface area contributed by atoms with Gasteiger partial charge in [0, 0.05) is 42.8 Å². The Hall–Kier alpha value is -2.70. The number of anilines is 1. The summed E-state index contributed by atoms with van der Waals surface area (Å²) in [5.41, 5.74) is 2.77. The first kappa shape index (κ1) is 19.1. The monoisotopic (exact) mass is 369 g/mol. The van der Waals surface area contributed by atoms with Crippen LogP contribution in [0.1, 0.15) is 65.2 Å².